The van der Waals surface area contributed by atoms with Gasteiger partial charge in [-0.1, -0.05) is 53.4 Å². The highest BCUT2D eigenvalue weighted by molar-refractivity contribution is 6.35. The summed E-state index contributed by atoms with van der Waals surface area (Å²) in [6, 6.07) is 12.7. The molecule has 8 heteroatoms. The van der Waals surface area contributed by atoms with Crippen LogP contribution in [0.25, 0.3) is 16.9 Å². The van der Waals surface area contributed by atoms with E-state index in [1.54, 1.807) is 27.9 Å². The zero-order valence-corrected chi connectivity index (χ0v) is 19.7. The van der Waals surface area contributed by atoms with Crippen LogP contribution in [0.2, 0.25) is 15.1 Å². The molecule has 1 aliphatic rings. The second-order valence-corrected chi connectivity index (χ2v) is 8.96. The summed E-state index contributed by atoms with van der Waals surface area (Å²) < 4.78 is 1.72. The Morgan fingerprint density at radius 1 is 0.968 bits per heavy atom. The molecule has 5 nitrogen and oxygen atoms in total. The van der Waals surface area contributed by atoms with Gasteiger partial charge >= 0.3 is 0 Å². The molecule has 1 aliphatic heterocycles. The van der Waals surface area contributed by atoms with Gasteiger partial charge in [-0.25, -0.2) is 9.69 Å². The summed E-state index contributed by atoms with van der Waals surface area (Å²) in [6.45, 7) is 3.65. The summed E-state index contributed by atoms with van der Waals surface area (Å²) in [6.07, 6.45) is 3.37. The Bertz CT molecular complexity index is 1100. The summed E-state index contributed by atoms with van der Waals surface area (Å²) in [5, 5.41) is 10.1. The number of halogens is 3. The molecule has 0 atom stereocenters. The Labute approximate surface area is 197 Å². The van der Waals surface area contributed by atoms with Crippen LogP contribution in [0.4, 0.5) is 0 Å². The SMILES string of the molecule is Cc1c(C(=O)N(C)N2CCCCC2)nn(-c2ccc(Cl)cc2Cl)c1-c1ccc(Cl)cc1. The first-order chi connectivity index (χ1) is 14.9. The number of piperidine rings is 1. The molecule has 3 aromatic rings. The molecule has 2 heterocycles. The lowest BCUT2D eigenvalue weighted by molar-refractivity contribution is -0.00553. The predicted molar refractivity (Wildman–Crippen MR) is 126 cm³/mol. The van der Waals surface area contributed by atoms with Gasteiger partial charge in [0.05, 0.1) is 16.4 Å². The topological polar surface area (TPSA) is 41.4 Å². The van der Waals surface area contributed by atoms with E-state index < -0.39 is 0 Å². The number of benzene rings is 2. The molecule has 1 saturated heterocycles. The van der Waals surface area contributed by atoms with Crippen LogP contribution in [0.15, 0.2) is 42.5 Å². The standard InChI is InChI=1S/C23H23Cl3N4O/c1-15-21(23(31)28(2)29-12-4-3-5-13-29)27-30(20-11-10-18(25)14-19(20)26)22(15)16-6-8-17(24)9-7-16/h6-11,14H,3-5,12-13H2,1-2H3. The Kier molecular flexibility index (Phi) is 6.58. The third-order valence-corrected chi connectivity index (χ3v) is 6.42. The maximum atomic E-state index is 13.4. The van der Waals surface area contributed by atoms with Crippen molar-refractivity contribution >= 4 is 40.7 Å². The first-order valence-corrected chi connectivity index (χ1v) is 11.3. The van der Waals surface area contributed by atoms with E-state index in [0.29, 0.717) is 26.4 Å². The lowest BCUT2D eigenvalue weighted by Gasteiger charge is -2.34. The van der Waals surface area contributed by atoms with Crippen LogP contribution in [0, 0.1) is 6.92 Å². The van der Waals surface area contributed by atoms with Crippen molar-refractivity contribution in [1.29, 1.82) is 0 Å². The third-order valence-electron chi connectivity index (χ3n) is 5.63. The molecule has 4 rings (SSSR count). The maximum absolute atomic E-state index is 13.4. The van der Waals surface area contributed by atoms with Crippen molar-refractivity contribution in [1.82, 2.24) is 19.8 Å². The normalized spacial score (nSPS) is 14.6. The fraction of sp³-hybridized carbons (Fsp3) is 0.304. The molecule has 0 bridgehead atoms. The van der Waals surface area contributed by atoms with E-state index >= 15 is 0 Å². The van der Waals surface area contributed by atoms with Gasteiger partial charge in [-0.2, -0.15) is 5.10 Å². The zero-order valence-electron chi connectivity index (χ0n) is 17.4. The molecule has 0 unspecified atom stereocenters. The average molecular weight is 478 g/mol. The molecule has 0 radical (unpaired) electrons. The number of carbonyl (C=O) groups is 1. The monoisotopic (exact) mass is 476 g/mol. The maximum Gasteiger partial charge on any atom is 0.288 e. The Balaban J connectivity index is 1.83. The first kappa shape index (κ1) is 22.2. The Morgan fingerprint density at radius 3 is 2.26 bits per heavy atom. The molecule has 1 amide bonds. The summed E-state index contributed by atoms with van der Waals surface area (Å²) in [7, 11) is 1.81. The number of rotatable bonds is 4. The van der Waals surface area contributed by atoms with E-state index in [4.69, 9.17) is 39.9 Å². The van der Waals surface area contributed by atoms with Crippen molar-refractivity contribution in [3.8, 4) is 16.9 Å². The molecule has 2 aromatic carbocycles. The molecule has 1 fully saturated rings. The van der Waals surface area contributed by atoms with E-state index in [-0.39, 0.29) is 5.91 Å². The van der Waals surface area contributed by atoms with Gasteiger partial charge in [0.1, 0.15) is 0 Å². The lowest BCUT2D eigenvalue weighted by Crippen LogP contribution is -2.46. The first-order valence-electron chi connectivity index (χ1n) is 10.2. The number of amides is 1. The minimum atomic E-state index is -0.140. The molecule has 162 valence electrons. The third kappa shape index (κ3) is 4.46. The van der Waals surface area contributed by atoms with Crippen molar-refractivity contribution in [3.05, 3.63) is 68.8 Å². The van der Waals surface area contributed by atoms with Crippen molar-refractivity contribution < 1.29 is 4.79 Å². The van der Waals surface area contributed by atoms with Crippen LogP contribution in [-0.4, -0.2) is 45.8 Å². The molecule has 0 N–H and O–H groups in total. The van der Waals surface area contributed by atoms with E-state index in [0.717, 1.165) is 42.8 Å². The number of nitrogens with zero attached hydrogens (tertiary/aromatic N) is 4. The van der Waals surface area contributed by atoms with E-state index in [1.807, 2.05) is 38.2 Å². The molecule has 0 spiro atoms. The van der Waals surface area contributed by atoms with Gasteiger partial charge in [0.15, 0.2) is 5.69 Å². The second-order valence-electron chi connectivity index (χ2n) is 7.68. The van der Waals surface area contributed by atoms with E-state index in [2.05, 4.69) is 5.01 Å². The van der Waals surface area contributed by atoms with Crippen LogP contribution in [0.3, 0.4) is 0 Å². The molecule has 0 aliphatic carbocycles. The van der Waals surface area contributed by atoms with Crippen molar-refractivity contribution in [2.45, 2.75) is 26.2 Å². The van der Waals surface area contributed by atoms with Crippen LogP contribution in [0.5, 0.6) is 0 Å². The van der Waals surface area contributed by atoms with Gasteiger partial charge in [-0.05, 0) is 50.1 Å². The quantitative estimate of drug-likeness (QED) is 0.444. The van der Waals surface area contributed by atoms with Gasteiger partial charge in [-0.3, -0.25) is 9.80 Å². The Hall–Kier alpha value is -2.05. The number of carbonyl (C=O) groups excluding carboxylic acids is 1. The lowest BCUT2D eigenvalue weighted by atomic mass is 10.1. The predicted octanol–water partition coefficient (Wildman–Crippen LogP) is 6.28. The fourth-order valence-electron chi connectivity index (χ4n) is 3.93. The average Bonchev–Trinajstić information content (AvgIpc) is 3.10. The smallest absolute Gasteiger partial charge is 0.273 e. The number of hydrogen-bond donors (Lipinski definition) is 0. The number of aromatic nitrogens is 2. The molecular weight excluding hydrogens is 455 g/mol. The highest BCUT2D eigenvalue weighted by Crippen LogP contribution is 2.33. The van der Waals surface area contributed by atoms with E-state index in [1.165, 1.54) is 6.42 Å². The van der Waals surface area contributed by atoms with Gasteiger partial charge in [0.2, 0.25) is 0 Å². The highest BCUT2D eigenvalue weighted by atomic mass is 35.5. The van der Waals surface area contributed by atoms with Gasteiger partial charge in [0, 0.05) is 41.3 Å². The van der Waals surface area contributed by atoms with Crippen molar-refractivity contribution in [3.63, 3.8) is 0 Å². The second kappa shape index (κ2) is 9.21. The summed E-state index contributed by atoms with van der Waals surface area (Å²) >= 11 is 18.7. The molecular formula is C23H23Cl3N4O. The van der Waals surface area contributed by atoms with Gasteiger partial charge < -0.3 is 0 Å². The zero-order chi connectivity index (χ0) is 22.1. The Morgan fingerprint density at radius 2 is 1.61 bits per heavy atom. The minimum absolute atomic E-state index is 0.140. The molecule has 1 aromatic heterocycles. The van der Waals surface area contributed by atoms with Gasteiger partial charge in [-0.15, -0.1) is 0 Å². The minimum Gasteiger partial charge on any atom is -0.273 e. The largest absolute Gasteiger partial charge is 0.288 e. The van der Waals surface area contributed by atoms with Crippen LogP contribution in [0.1, 0.15) is 35.3 Å². The van der Waals surface area contributed by atoms with Crippen molar-refractivity contribution in [2.24, 2.45) is 0 Å². The van der Waals surface area contributed by atoms with Crippen LogP contribution in [-0.2, 0) is 0 Å². The summed E-state index contributed by atoms with van der Waals surface area (Å²) in [5.74, 6) is -0.140. The molecule has 0 saturated carbocycles. The number of hydrogen-bond acceptors (Lipinski definition) is 3. The fourth-order valence-corrected chi connectivity index (χ4v) is 4.55. The summed E-state index contributed by atoms with van der Waals surface area (Å²) in [4.78, 5) is 13.4. The summed E-state index contributed by atoms with van der Waals surface area (Å²) in [5.41, 5.74) is 3.50. The van der Waals surface area contributed by atoms with Crippen LogP contribution < -0.4 is 0 Å². The highest BCUT2D eigenvalue weighted by Gasteiger charge is 2.28. The van der Waals surface area contributed by atoms with Crippen molar-refractivity contribution in [2.75, 3.05) is 20.1 Å². The van der Waals surface area contributed by atoms with Crippen LogP contribution >= 0.6 is 34.8 Å². The van der Waals surface area contributed by atoms with Gasteiger partial charge in [0.25, 0.3) is 5.91 Å². The molecule has 31 heavy (non-hydrogen) atoms. The number of hydrazine groups is 1. The van der Waals surface area contributed by atoms with E-state index in [9.17, 15) is 4.79 Å².